The van der Waals surface area contributed by atoms with E-state index in [-0.39, 0.29) is 5.78 Å². The summed E-state index contributed by atoms with van der Waals surface area (Å²) in [5, 5.41) is 0. The summed E-state index contributed by atoms with van der Waals surface area (Å²) in [5.41, 5.74) is 0.855. The van der Waals surface area contributed by atoms with E-state index in [0.29, 0.717) is 27.6 Å². The third-order valence-electron chi connectivity index (χ3n) is 1.83. The van der Waals surface area contributed by atoms with Crippen molar-refractivity contribution in [1.82, 2.24) is 0 Å². The number of carbonyl (C=O) groups is 2. The number of ketones is 1. The zero-order chi connectivity index (χ0) is 10.7. The van der Waals surface area contributed by atoms with Crippen molar-refractivity contribution in [1.29, 1.82) is 0 Å². The minimum atomic E-state index is -0.0948. The molecule has 0 radical (unpaired) electrons. The first-order valence-corrected chi connectivity index (χ1v) is 4.73. The second kappa shape index (κ2) is 4.37. The normalized spacial score (nSPS) is 9.64. The molecule has 0 spiro atoms. The van der Waals surface area contributed by atoms with E-state index in [1.165, 1.54) is 20.1 Å². The Labute approximate surface area is 90.2 Å². The molecule has 0 bridgehead atoms. The highest BCUT2D eigenvalue weighted by molar-refractivity contribution is 9.10. The van der Waals surface area contributed by atoms with Crippen molar-refractivity contribution in [3.8, 4) is 5.75 Å². The predicted octanol–water partition coefficient (Wildman–Crippen LogP) is 2.47. The van der Waals surface area contributed by atoms with E-state index < -0.39 is 0 Å². The van der Waals surface area contributed by atoms with E-state index in [1.807, 2.05) is 0 Å². The van der Waals surface area contributed by atoms with Crippen LogP contribution in [0.15, 0.2) is 16.6 Å². The smallest absolute Gasteiger partial charge is 0.160 e. The maximum Gasteiger partial charge on any atom is 0.160 e. The molecule has 0 atom stereocenters. The largest absolute Gasteiger partial charge is 0.496 e. The topological polar surface area (TPSA) is 43.4 Å². The Morgan fingerprint density at radius 3 is 2.57 bits per heavy atom. The molecule has 3 nitrogen and oxygen atoms in total. The molecule has 1 aromatic carbocycles. The molecule has 0 aliphatic carbocycles. The van der Waals surface area contributed by atoms with Crippen molar-refractivity contribution in [3.05, 3.63) is 27.7 Å². The van der Waals surface area contributed by atoms with Gasteiger partial charge in [-0.3, -0.25) is 9.59 Å². The summed E-state index contributed by atoms with van der Waals surface area (Å²) < 4.78 is 5.61. The second-order valence-corrected chi connectivity index (χ2v) is 3.60. The van der Waals surface area contributed by atoms with Crippen molar-refractivity contribution in [2.45, 2.75) is 6.92 Å². The molecule has 4 heteroatoms. The highest BCUT2D eigenvalue weighted by Crippen LogP contribution is 2.26. The number of Topliss-reactive ketones (excluding diaryl/α,β-unsaturated/α-hetero) is 1. The molecule has 0 aliphatic heterocycles. The number of rotatable bonds is 3. The fourth-order valence-electron chi connectivity index (χ4n) is 1.11. The first-order valence-electron chi connectivity index (χ1n) is 3.93. The number of methoxy groups -OCH3 is 1. The molecule has 14 heavy (non-hydrogen) atoms. The Bertz CT molecular complexity index is 385. The zero-order valence-corrected chi connectivity index (χ0v) is 9.42. The summed E-state index contributed by atoms with van der Waals surface area (Å²) in [6.45, 7) is 1.45. The van der Waals surface area contributed by atoms with Crippen molar-refractivity contribution in [3.63, 3.8) is 0 Å². The van der Waals surface area contributed by atoms with Gasteiger partial charge in [-0.1, -0.05) is 0 Å². The van der Waals surface area contributed by atoms with Crippen LogP contribution in [-0.4, -0.2) is 19.2 Å². The molecule has 0 unspecified atom stereocenters. The lowest BCUT2D eigenvalue weighted by atomic mass is 10.1. The van der Waals surface area contributed by atoms with Gasteiger partial charge in [-0.05, 0) is 35.0 Å². The molecule has 0 saturated carbocycles. The summed E-state index contributed by atoms with van der Waals surface area (Å²) in [6, 6.07) is 3.12. The number of benzene rings is 1. The Morgan fingerprint density at radius 1 is 1.50 bits per heavy atom. The van der Waals surface area contributed by atoms with Gasteiger partial charge in [0.1, 0.15) is 5.75 Å². The molecule has 0 saturated heterocycles. The summed E-state index contributed by atoms with van der Waals surface area (Å²) in [4.78, 5) is 21.8. The van der Waals surface area contributed by atoms with E-state index in [0.717, 1.165) is 0 Å². The summed E-state index contributed by atoms with van der Waals surface area (Å²) >= 11 is 3.24. The lowest BCUT2D eigenvalue weighted by Crippen LogP contribution is -1.98. The van der Waals surface area contributed by atoms with Crippen LogP contribution >= 0.6 is 15.9 Å². The number of aldehydes is 1. The van der Waals surface area contributed by atoms with Crippen LogP contribution in [0.25, 0.3) is 0 Å². The highest BCUT2D eigenvalue weighted by atomic mass is 79.9. The average molecular weight is 257 g/mol. The standard InChI is InChI=1S/C10H9BrO3/c1-6(13)8-3-7(5-12)10(14-2)4-9(8)11/h3-5H,1-2H3. The Hall–Kier alpha value is -1.16. The summed E-state index contributed by atoms with van der Waals surface area (Å²) in [6.07, 6.45) is 0.664. The van der Waals surface area contributed by atoms with Gasteiger partial charge in [0.2, 0.25) is 0 Å². The van der Waals surface area contributed by atoms with Crippen molar-refractivity contribution < 1.29 is 14.3 Å². The molecule has 1 rings (SSSR count). The van der Waals surface area contributed by atoms with Crippen molar-refractivity contribution in [2.75, 3.05) is 7.11 Å². The number of hydrogen-bond donors (Lipinski definition) is 0. The van der Waals surface area contributed by atoms with E-state index >= 15 is 0 Å². The number of hydrogen-bond acceptors (Lipinski definition) is 3. The van der Waals surface area contributed by atoms with Crippen LogP contribution in [0.3, 0.4) is 0 Å². The average Bonchev–Trinajstić information content (AvgIpc) is 2.16. The molecule has 0 fully saturated rings. The van der Waals surface area contributed by atoms with Crippen LogP contribution in [0.5, 0.6) is 5.75 Å². The lowest BCUT2D eigenvalue weighted by Gasteiger charge is -2.06. The maximum atomic E-state index is 11.1. The molecule has 74 valence electrons. The van der Waals surface area contributed by atoms with Crippen molar-refractivity contribution >= 4 is 28.0 Å². The first-order chi connectivity index (χ1) is 6.60. The fourth-order valence-corrected chi connectivity index (χ4v) is 1.71. The molecule has 0 aliphatic rings. The SMILES string of the molecule is COc1cc(Br)c(C(C)=O)cc1C=O. The molecule has 0 amide bonds. The Kier molecular flexibility index (Phi) is 3.41. The molecule has 1 aromatic rings. The van der Waals surface area contributed by atoms with Crippen LogP contribution in [0.4, 0.5) is 0 Å². The van der Waals surface area contributed by atoms with Crippen LogP contribution < -0.4 is 4.74 Å². The van der Waals surface area contributed by atoms with Crippen LogP contribution in [0.2, 0.25) is 0 Å². The quantitative estimate of drug-likeness (QED) is 0.617. The van der Waals surface area contributed by atoms with Gasteiger partial charge in [-0.2, -0.15) is 0 Å². The van der Waals surface area contributed by atoms with Gasteiger partial charge < -0.3 is 4.74 Å². The Morgan fingerprint density at radius 2 is 2.14 bits per heavy atom. The molecule has 0 aromatic heterocycles. The molecular formula is C10H9BrO3. The van der Waals surface area contributed by atoms with Crippen LogP contribution in [-0.2, 0) is 0 Å². The van der Waals surface area contributed by atoms with Gasteiger partial charge in [-0.25, -0.2) is 0 Å². The van der Waals surface area contributed by atoms with Crippen LogP contribution in [0.1, 0.15) is 27.6 Å². The zero-order valence-electron chi connectivity index (χ0n) is 7.83. The van der Waals surface area contributed by atoms with E-state index in [1.54, 1.807) is 6.07 Å². The summed E-state index contributed by atoms with van der Waals surface area (Å²) in [7, 11) is 1.47. The van der Waals surface area contributed by atoms with Crippen molar-refractivity contribution in [2.24, 2.45) is 0 Å². The minimum Gasteiger partial charge on any atom is -0.496 e. The predicted molar refractivity (Wildman–Crippen MR) is 56.1 cm³/mol. The Balaban J connectivity index is 3.37. The molecular weight excluding hydrogens is 248 g/mol. The fraction of sp³-hybridized carbons (Fsp3) is 0.200. The molecule has 0 heterocycles. The highest BCUT2D eigenvalue weighted by Gasteiger charge is 2.11. The van der Waals surface area contributed by atoms with Gasteiger partial charge in [0.05, 0.1) is 12.7 Å². The minimum absolute atomic E-state index is 0.0948. The maximum absolute atomic E-state index is 11.1. The summed E-state index contributed by atoms with van der Waals surface area (Å²) in [5.74, 6) is 0.361. The second-order valence-electron chi connectivity index (χ2n) is 2.75. The van der Waals surface area contributed by atoms with Gasteiger partial charge in [-0.15, -0.1) is 0 Å². The monoisotopic (exact) mass is 256 g/mol. The third-order valence-corrected chi connectivity index (χ3v) is 2.48. The van der Waals surface area contributed by atoms with E-state index in [4.69, 9.17) is 4.74 Å². The van der Waals surface area contributed by atoms with Gasteiger partial charge in [0.25, 0.3) is 0 Å². The lowest BCUT2D eigenvalue weighted by molar-refractivity contribution is 0.101. The van der Waals surface area contributed by atoms with Gasteiger partial charge in [0.15, 0.2) is 12.1 Å². The number of ether oxygens (including phenoxy) is 1. The molecule has 0 N–H and O–H groups in total. The van der Waals surface area contributed by atoms with Gasteiger partial charge >= 0.3 is 0 Å². The third kappa shape index (κ3) is 2.01. The van der Waals surface area contributed by atoms with E-state index in [9.17, 15) is 9.59 Å². The van der Waals surface area contributed by atoms with E-state index in [2.05, 4.69) is 15.9 Å². The first kappa shape index (κ1) is 10.9. The van der Waals surface area contributed by atoms with Crippen LogP contribution in [0, 0.1) is 0 Å². The van der Waals surface area contributed by atoms with Gasteiger partial charge in [0, 0.05) is 10.0 Å². The number of halogens is 1. The number of carbonyl (C=O) groups excluding carboxylic acids is 2.